The molecule has 2 bridgehead atoms. The van der Waals surface area contributed by atoms with Crippen LogP contribution in [-0.2, 0) is 16.6 Å². The number of aromatic nitrogens is 2. The molecule has 2 N–H and O–H groups in total. The molecule has 0 radical (unpaired) electrons. The van der Waals surface area contributed by atoms with Crippen LogP contribution in [0.3, 0.4) is 0 Å². The van der Waals surface area contributed by atoms with Crippen molar-refractivity contribution in [3.05, 3.63) is 29.6 Å². The molecule has 1 amide bonds. The summed E-state index contributed by atoms with van der Waals surface area (Å²) in [7, 11) is 1.84. The first-order chi connectivity index (χ1) is 10.4. The summed E-state index contributed by atoms with van der Waals surface area (Å²) < 4.78 is 1.72. The second kappa shape index (κ2) is 5.26. The van der Waals surface area contributed by atoms with Crippen molar-refractivity contribution in [2.24, 2.45) is 30.7 Å². The normalized spacial score (nSPS) is 30.5. The number of carbonyl (C=O) groups excluding carboxylic acids is 1. The van der Waals surface area contributed by atoms with Gasteiger partial charge in [-0.25, -0.2) is 0 Å². The second-order valence-electron chi connectivity index (χ2n) is 6.41. The smallest absolute Gasteiger partial charge is 0.307 e. The van der Waals surface area contributed by atoms with Gasteiger partial charge >= 0.3 is 5.97 Å². The first-order valence-electron chi connectivity index (χ1n) is 7.60. The molecule has 22 heavy (non-hydrogen) atoms. The van der Waals surface area contributed by atoms with Gasteiger partial charge in [-0.3, -0.25) is 14.3 Å². The maximum absolute atomic E-state index is 12.6. The molecule has 1 fully saturated rings. The Hall–Kier alpha value is -2.11. The van der Waals surface area contributed by atoms with Gasteiger partial charge in [-0.2, -0.15) is 5.10 Å². The monoisotopic (exact) mass is 303 g/mol. The van der Waals surface area contributed by atoms with Gasteiger partial charge in [-0.1, -0.05) is 12.2 Å². The maximum Gasteiger partial charge on any atom is 0.307 e. The van der Waals surface area contributed by atoms with Crippen molar-refractivity contribution in [2.75, 3.05) is 0 Å². The molecule has 3 rings (SSSR count). The first-order valence-corrected chi connectivity index (χ1v) is 7.60. The van der Waals surface area contributed by atoms with Crippen LogP contribution in [0, 0.1) is 30.6 Å². The molecule has 0 aliphatic heterocycles. The number of aryl methyl sites for hydroxylation is 2. The molecule has 0 saturated heterocycles. The molecule has 6 nitrogen and oxygen atoms in total. The van der Waals surface area contributed by atoms with Crippen molar-refractivity contribution in [3.63, 3.8) is 0 Å². The Balaban J connectivity index is 1.75. The highest BCUT2D eigenvalue weighted by molar-refractivity contribution is 5.87. The Kier molecular flexibility index (Phi) is 3.54. The number of amides is 1. The number of fused-ring (bicyclic) bond motifs is 2. The molecule has 118 valence electrons. The summed E-state index contributed by atoms with van der Waals surface area (Å²) in [5.41, 5.74) is 1.83. The van der Waals surface area contributed by atoms with E-state index in [1.165, 1.54) is 0 Å². The van der Waals surface area contributed by atoms with Gasteiger partial charge in [0.05, 0.1) is 23.6 Å². The van der Waals surface area contributed by atoms with Gasteiger partial charge in [-0.15, -0.1) is 0 Å². The molecule has 0 spiro atoms. The van der Waals surface area contributed by atoms with E-state index in [-0.39, 0.29) is 23.8 Å². The van der Waals surface area contributed by atoms with E-state index in [0.29, 0.717) is 0 Å². The Labute approximate surface area is 129 Å². The summed E-state index contributed by atoms with van der Waals surface area (Å²) >= 11 is 0. The van der Waals surface area contributed by atoms with E-state index in [1.54, 1.807) is 4.68 Å². The third-order valence-electron chi connectivity index (χ3n) is 4.92. The largest absolute Gasteiger partial charge is 0.481 e. The number of hydrogen-bond acceptors (Lipinski definition) is 3. The Bertz CT molecular complexity index is 649. The number of nitrogens with one attached hydrogen (secondary N) is 1. The number of nitrogens with zero attached hydrogens (tertiary/aromatic N) is 2. The summed E-state index contributed by atoms with van der Waals surface area (Å²) in [5, 5.41) is 16.7. The van der Waals surface area contributed by atoms with Gasteiger partial charge in [0.1, 0.15) is 0 Å². The Morgan fingerprint density at radius 1 is 1.36 bits per heavy atom. The van der Waals surface area contributed by atoms with Gasteiger partial charge in [0, 0.05) is 18.8 Å². The number of carbonyl (C=O) groups is 2. The summed E-state index contributed by atoms with van der Waals surface area (Å²) in [4.78, 5) is 24.1. The lowest BCUT2D eigenvalue weighted by Gasteiger charge is -2.25. The standard InChI is InChI=1S/C16H21N3O3/c1-8(12-7-19(3)18-9(12)2)17-15(20)13-10-4-5-11(6-10)14(13)16(21)22/h4-5,7-8,10-11,13-14H,6H2,1-3H3,(H,17,20)(H,21,22)/t8-,10-,11-,13-,14+/m0/s1. The van der Waals surface area contributed by atoms with Crippen LogP contribution >= 0.6 is 0 Å². The van der Waals surface area contributed by atoms with E-state index < -0.39 is 17.8 Å². The van der Waals surface area contributed by atoms with Crippen molar-refractivity contribution in [2.45, 2.75) is 26.3 Å². The molecule has 2 aliphatic rings. The van der Waals surface area contributed by atoms with E-state index in [1.807, 2.05) is 39.2 Å². The van der Waals surface area contributed by atoms with Crippen LogP contribution in [0.1, 0.15) is 30.6 Å². The average molecular weight is 303 g/mol. The van der Waals surface area contributed by atoms with E-state index in [2.05, 4.69) is 10.4 Å². The van der Waals surface area contributed by atoms with Crippen LogP contribution in [0.5, 0.6) is 0 Å². The number of aliphatic carboxylic acids is 1. The predicted octanol–water partition coefficient (Wildman–Crippen LogP) is 1.43. The molecule has 1 heterocycles. The third-order valence-corrected chi connectivity index (χ3v) is 4.92. The van der Waals surface area contributed by atoms with Crippen molar-refractivity contribution in [1.82, 2.24) is 15.1 Å². The summed E-state index contributed by atoms with van der Waals surface area (Å²) in [6, 6.07) is -0.182. The zero-order valence-corrected chi connectivity index (χ0v) is 13.0. The molecule has 1 aromatic rings. The molecule has 5 atom stereocenters. The quantitative estimate of drug-likeness (QED) is 0.824. The molecule has 1 saturated carbocycles. The minimum Gasteiger partial charge on any atom is -0.481 e. The van der Waals surface area contributed by atoms with Crippen LogP contribution < -0.4 is 5.32 Å². The SMILES string of the molecule is Cc1nn(C)cc1[C@H](C)NC(=O)[C@@H]1[C@H](C(=O)O)[C@H]2C=C[C@H]1C2. The van der Waals surface area contributed by atoms with Gasteiger partial charge in [-0.05, 0) is 32.1 Å². The topological polar surface area (TPSA) is 84.2 Å². The van der Waals surface area contributed by atoms with Crippen LogP contribution in [0.15, 0.2) is 18.3 Å². The highest BCUT2D eigenvalue weighted by Gasteiger charge is 2.51. The van der Waals surface area contributed by atoms with Crippen molar-refractivity contribution in [1.29, 1.82) is 0 Å². The van der Waals surface area contributed by atoms with Gasteiger partial charge < -0.3 is 10.4 Å². The van der Waals surface area contributed by atoms with Crippen molar-refractivity contribution in [3.8, 4) is 0 Å². The lowest BCUT2D eigenvalue weighted by molar-refractivity contribution is -0.148. The van der Waals surface area contributed by atoms with Crippen LogP contribution in [0.25, 0.3) is 0 Å². The summed E-state index contributed by atoms with van der Waals surface area (Å²) in [6.45, 7) is 3.80. The number of hydrogen-bond donors (Lipinski definition) is 2. The van der Waals surface area contributed by atoms with Crippen molar-refractivity contribution < 1.29 is 14.7 Å². The van der Waals surface area contributed by atoms with Gasteiger partial charge in [0.15, 0.2) is 0 Å². The number of carboxylic acid groups (broad SMARTS) is 1. The Morgan fingerprint density at radius 3 is 2.55 bits per heavy atom. The van der Waals surface area contributed by atoms with E-state index in [4.69, 9.17) is 0 Å². The third kappa shape index (κ3) is 2.32. The highest BCUT2D eigenvalue weighted by atomic mass is 16.4. The van der Waals surface area contributed by atoms with Crippen molar-refractivity contribution >= 4 is 11.9 Å². The second-order valence-corrected chi connectivity index (χ2v) is 6.41. The number of carboxylic acids is 1. The average Bonchev–Trinajstić information content (AvgIpc) is 3.11. The fourth-order valence-corrected chi connectivity index (χ4v) is 3.95. The lowest BCUT2D eigenvalue weighted by atomic mass is 9.82. The molecule has 0 unspecified atom stereocenters. The summed E-state index contributed by atoms with van der Waals surface area (Å²) in [5.74, 6) is -2.06. The number of rotatable bonds is 4. The van der Waals surface area contributed by atoms with Gasteiger partial charge in [0.2, 0.25) is 5.91 Å². The molecule has 6 heteroatoms. The van der Waals surface area contributed by atoms with Crippen LogP contribution in [0.4, 0.5) is 0 Å². The molecule has 1 aromatic heterocycles. The first kappa shape index (κ1) is 14.8. The minimum atomic E-state index is -0.873. The highest BCUT2D eigenvalue weighted by Crippen LogP contribution is 2.48. The van der Waals surface area contributed by atoms with Gasteiger partial charge in [0.25, 0.3) is 0 Å². The zero-order chi connectivity index (χ0) is 16.0. The molecule has 2 aliphatic carbocycles. The van der Waals surface area contributed by atoms with Crippen LogP contribution in [-0.4, -0.2) is 26.8 Å². The Morgan fingerprint density at radius 2 is 2.00 bits per heavy atom. The fourth-order valence-electron chi connectivity index (χ4n) is 3.95. The zero-order valence-electron chi connectivity index (χ0n) is 13.0. The molecular weight excluding hydrogens is 282 g/mol. The molecule has 0 aromatic carbocycles. The minimum absolute atomic E-state index is 0.00585. The fraction of sp³-hybridized carbons (Fsp3) is 0.562. The summed E-state index contributed by atoms with van der Waals surface area (Å²) in [6.07, 6.45) is 6.60. The number of allylic oxidation sites excluding steroid dienone is 2. The lowest BCUT2D eigenvalue weighted by Crippen LogP contribution is -2.41. The molecular formula is C16H21N3O3. The van der Waals surface area contributed by atoms with E-state index >= 15 is 0 Å². The van der Waals surface area contributed by atoms with E-state index in [0.717, 1.165) is 17.7 Å². The predicted molar refractivity (Wildman–Crippen MR) is 79.9 cm³/mol. The van der Waals surface area contributed by atoms with Crippen LogP contribution in [0.2, 0.25) is 0 Å². The maximum atomic E-state index is 12.6. The van der Waals surface area contributed by atoms with E-state index in [9.17, 15) is 14.7 Å².